The number of nitrogens with zero attached hydrogens (tertiary/aromatic N) is 4. The van der Waals surface area contributed by atoms with E-state index < -0.39 is 36.5 Å². The van der Waals surface area contributed by atoms with Gasteiger partial charge in [-0.05, 0) is 36.6 Å². The summed E-state index contributed by atoms with van der Waals surface area (Å²) in [7, 11) is 0. The minimum Gasteiger partial charge on any atom is -0.345 e. The van der Waals surface area contributed by atoms with Gasteiger partial charge in [0.25, 0.3) is 5.91 Å². The first kappa shape index (κ1) is 22.8. The van der Waals surface area contributed by atoms with E-state index in [0.717, 1.165) is 5.56 Å². The van der Waals surface area contributed by atoms with Crippen LogP contribution in [0.25, 0.3) is 11.0 Å². The number of benzene rings is 1. The lowest BCUT2D eigenvalue weighted by Gasteiger charge is -2.25. The maximum atomic E-state index is 13.7. The van der Waals surface area contributed by atoms with Crippen LogP contribution in [0.5, 0.6) is 0 Å². The number of likely N-dealkylation sites (tertiary alicyclic amines) is 1. The molecule has 1 saturated heterocycles. The normalized spacial score (nSPS) is 19.6. The molecule has 5 rings (SSSR count). The minimum absolute atomic E-state index is 0.0899. The summed E-state index contributed by atoms with van der Waals surface area (Å²) in [5.74, 6) is -1.60. The molecule has 2 aliphatic rings. The van der Waals surface area contributed by atoms with Crippen LogP contribution in [0.4, 0.5) is 18.9 Å². The van der Waals surface area contributed by atoms with Crippen LogP contribution in [0.2, 0.25) is 0 Å². The number of carbonyl (C=O) groups excluding carboxylic acids is 3. The molecule has 1 atom stereocenters. The van der Waals surface area contributed by atoms with Gasteiger partial charge < -0.3 is 15.1 Å². The van der Waals surface area contributed by atoms with E-state index in [1.54, 1.807) is 29.3 Å². The number of aryl methyl sites for hydroxylation is 1. The van der Waals surface area contributed by atoms with Crippen molar-refractivity contribution in [1.82, 2.24) is 25.4 Å². The Morgan fingerprint density at radius 1 is 1.26 bits per heavy atom. The molecular formula is C23H21F3N6O3. The summed E-state index contributed by atoms with van der Waals surface area (Å²) in [5, 5.41) is 9.12. The second-order valence-electron chi connectivity index (χ2n) is 8.84. The standard InChI is InChI=1S/C23H21F3N6O3/c1-13-3-2-4-16-18(13)22(21(35)32(16)10-17(33)28-11-23(24,25)26)5-6-31(12-22)20(34)15-7-14-9-29-30-19(14)27-8-15/h2-4,7-9H,5-6,10-12H2,1H3,(H,28,33)(H,27,29,30). The van der Waals surface area contributed by atoms with Crippen LogP contribution < -0.4 is 10.2 Å². The molecule has 0 radical (unpaired) electrons. The van der Waals surface area contributed by atoms with E-state index in [0.29, 0.717) is 40.8 Å². The van der Waals surface area contributed by atoms with Crippen molar-refractivity contribution in [3.8, 4) is 0 Å². The monoisotopic (exact) mass is 486 g/mol. The highest BCUT2D eigenvalue weighted by Crippen LogP contribution is 2.49. The van der Waals surface area contributed by atoms with Gasteiger partial charge in [-0.2, -0.15) is 18.3 Å². The predicted octanol–water partition coefficient (Wildman–Crippen LogP) is 2.08. The first-order chi connectivity index (χ1) is 16.6. The number of rotatable bonds is 4. The van der Waals surface area contributed by atoms with Crippen molar-refractivity contribution in [2.75, 3.05) is 31.1 Å². The van der Waals surface area contributed by atoms with Gasteiger partial charge in [0, 0.05) is 30.4 Å². The molecule has 1 fully saturated rings. The van der Waals surface area contributed by atoms with Gasteiger partial charge in [0.1, 0.15) is 13.1 Å². The number of amides is 3. The molecule has 1 unspecified atom stereocenters. The molecule has 2 aromatic heterocycles. The topological polar surface area (TPSA) is 111 Å². The zero-order chi connectivity index (χ0) is 25.0. The SMILES string of the molecule is Cc1cccc2c1C1(CCN(C(=O)c3cnc4[nH]ncc4c3)C1)C(=O)N2CC(=O)NCC(F)(F)F. The molecule has 0 aliphatic carbocycles. The predicted molar refractivity (Wildman–Crippen MR) is 119 cm³/mol. The Balaban J connectivity index is 1.42. The molecule has 3 aromatic rings. The number of fused-ring (bicyclic) bond motifs is 3. The van der Waals surface area contributed by atoms with E-state index in [2.05, 4.69) is 15.2 Å². The molecule has 9 nitrogen and oxygen atoms in total. The van der Waals surface area contributed by atoms with Crippen LogP contribution in [0.1, 0.15) is 27.9 Å². The molecule has 2 aliphatic heterocycles. The number of pyridine rings is 1. The fraction of sp³-hybridized carbons (Fsp3) is 0.348. The molecule has 2 N–H and O–H groups in total. The highest BCUT2D eigenvalue weighted by atomic mass is 19.4. The Bertz CT molecular complexity index is 1350. The van der Waals surface area contributed by atoms with Gasteiger partial charge in [0.2, 0.25) is 11.8 Å². The number of anilines is 1. The van der Waals surface area contributed by atoms with Crippen LogP contribution >= 0.6 is 0 Å². The average Bonchev–Trinajstić information content (AvgIpc) is 3.51. The fourth-order valence-corrected chi connectivity index (χ4v) is 5.03. The first-order valence-electron chi connectivity index (χ1n) is 10.9. The lowest BCUT2D eigenvalue weighted by molar-refractivity contribution is -0.138. The van der Waals surface area contributed by atoms with Gasteiger partial charge >= 0.3 is 6.18 Å². The van der Waals surface area contributed by atoms with Crippen LogP contribution in [0.15, 0.2) is 36.7 Å². The van der Waals surface area contributed by atoms with Crippen molar-refractivity contribution in [1.29, 1.82) is 0 Å². The molecule has 182 valence electrons. The number of alkyl halides is 3. The summed E-state index contributed by atoms with van der Waals surface area (Å²) in [6.45, 7) is 0.212. The molecule has 4 heterocycles. The third kappa shape index (κ3) is 3.88. The number of H-pyrrole nitrogens is 1. The lowest BCUT2D eigenvalue weighted by Crippen LogP contribution is -2.47. The molecule has 1 spiro atoms. The first-order valence-corrected chi connectivity index (χ1v) is 10.9. The Morgan fingerprint density at radius 2 is 2.06 bits per heavy atom. The minimum atomic E-state index is -4.55. The number of halogens is 3. The Hall–Kier alpha value is -3.96. The van der Waals surface area contributed by atoms with Crippen LogP contribution in [-0.2, 0) is 15.0 Å². The molecule has 3 amide bonds. The van der Waals surface area contributed by atoms with Gasteiger partial charge in [-0.25, -0.2) is 4.98 Å². The van der Waals surface area contributed by atoms with Gasteiger partial charge in [-0.15, -0.1) is 0 Å². The van der Waals surface area contributed by atoms with E-state index in [4.69, 9.17) is 0 Å². The van der Waals surface area contributed by atoms with E-state index in [1.807, 2.05) is 18.3 Å². The van der Waals surface area contributed by atoms with Gasteiger partial charge in [-0.1, -0.05) is 12.1 Å². The number of aromatic amines is 1. The van der Waals surface area contributed by atoms with Crippen LogP contribution in [0, 0.1) is 6.92 Å². The lowest BCUT2D eigenvalue weighted by atomic mass is 9.79. The second-order valence-corrected chi connectivity index (χ2v) is 8.84. The largest absolute Gasteiger partial charge is 0.405 e. The van der Waals surface area contributed by atoms with E-state index in [-0.39, 0.29) is 12.5 Å². The van der Waals surface area contributed by atoms with Crippen LogP contribution in [-0.4, -0.2) is 70.2 Å². The Labute approximate surface area is 197 Å². The average molecular weight is 486 g/mol. The van der Waals surface area contributed by atoms with Gasteiger partial charge in [0.15, 0.2) is 5.65 Å². The van der Waals surface area contributed by atoms with E-state index >= 15 is 0 Å². The van der Waals surface area contributed by atoms with Crippen molar-refractivity contribution in [3.63, 3.8) is 0 Å². The van der Waals surface area contributed by atoms with Crippen molar-refractivity contribution in [2.24, 2.45) is 0 Å². The number of nitrogens with one attached hydrogen (secondary N) is 2. The van der Waals surface area contributed by atoms with Crippen LogP contribution in [0.3, 0.4) is 0 Å². The molecular weight excluding hydrogens is 465 g/mol. The molecule has 1 aromatic carbocycles. The zero-order valence-electron chi connectivity index (χ0n) is 18.6. The summed E-state index contributed by atoms with van der Waals surface area (Å²) in [6, 6.07) is 6.91. The van der Waals surface area contributed by atoms with Crippen molar-refractivity contribution < 1.29 is 27.6 Å². The van der Waals surface area contributed by atoms with Crippen molar-refractivity contribution >= 4 is 34.4 Å². The molecule has 0 bridgehead atoms. The fourth-order valence-electron chi connectivity index (χ4n) is 5.03. The quantitative estimate of drug-likeness (QED) is 0.587. The summed E-state index contributed by atoms with van der Waals surface area (Å²) in [6.07, 6.45) is -1.22. The highest BCUT2D eigenvalue weighted by molar-refractivity contribution is 6.12. The molecule has 0 saturated carbocycles. The van der Waals surface area contributed by atoms with Gasteiger partial charge in [-0.3, -0.25) is 19.5 Å². The number of carbonyl (C=O) groups is 3. The number of aromatic nitrogens is 3. The van der Waals surface area contributed by atoms with E-state index in [9.17, 15) is 27.6 Å². The maximum Gasteiger partial charge on any atom is 0.405 e. The summed E-state index contributed by atoms with van der Waals surface area (Å²) < 4.78 is 37.6. The number of hydrogen-bond acceptors (Lipinski definition) is 5. The van der Waals surface area contributed by atoms with Crippen molar-refractivity contribution in [2.45, 2.75) is 24.9 Å². The third-order valence-electron chi connectivity index (χ3n) is 6.56. The maximum absolute atomic E-state index is 13.7. The second kappa shape index (κ2) is 8.07. The zero-order valence-corrected chi connectivity index (χ0v) is 18.6. The van der Waals surface area contributed by atoms with E-state index in [1.165, 1.54) is 11.1 Å². The third-order valence-corrected chi connectivity index (χ3v) is 6.56. The highest BCUT2D eigenvalue weighted by Gasteiger charge is 2.56. The number of hydrogen-bond donors (Lipinski definition) is 2. The Kier molecular flexibility index (Phi) is 5.26. The smallest absolute Gasteiger partial charge is 0.345 e. The molecule has 12 heteroatoms. The Morgan fingerprint density at radius 3 is 2.83 bits per heavy atom. The summed E-state index contributed by atoms with van der Waals surface area (Å²) in [4.78, 5) is 46.2. The van der Waals surface area contributed by atoms with Gasteiger partial charge in [0.05, 0.1) is 17.2 Å². The summed E-state index contributed by atoms with van der Waals surface area (Å²) in [5.41, 5.74) is 1.82. The molecule has 35 heavy (non-hydrogen) atoms. The van der Waals surface area contributed by atoms with Crippen molar-refractivity contribution in [3.05, 3.63) is 53.3 Å². The summed E-state index contributed by atoms with van der Waals surface area (Å²) >= 11 is 0.